The molecule has 4 heteroatoms. The number of halogens is 1. The van der Waals surface area contributed by atoms with Gasteiger partial charge in [0, 0.05) is 6.42 Å². The first kappa shape index (κ1) is 6.99. The minimum atomic E-state index is -2.35. The predicted octanol–water partition coefficient (Wildman–Crippen LogP) is 0.449. The summed E-state index contributed by atoms with van der Waals surface area (Å²) in [5.41, 5.74) is 0. The average Bonchev–Trinajstić information content (AvgIpc) is 1.61. The highest BCUT2D eigenvalue weighted by molar-refractivity contribution is 7.36. The smallest absolute Gasteiger partial charge is 0.308 e. The molecule has 7 heavy (non-hydrogen) atoms. The fourth-order valence-electron chi connectivity index (χ4n) is 0.189. The molecule has 0 aliphatic heterocycles. The van der Waals surface area contributed by atoms with Gasteiger partial charge in [0.05, 0.1) is 6.67 Å². The Labute approximate surface area is 42.2 Å². The molecule has 1 unspecified atom stereocenters. The van der Waals surface area contributed by atoms with Crippen LogP contribution in [0.2, 0.25) is 0 Å². The van der Waals surface area contributed by atoms with Gasteiger partial charge in [-0.1, -0.05) is 4.57 Å². The molecule has 1 atom stereocenters. The summed E-state index contributed by atoms with van der Waals surface area (Å²) in [4.78, 5) is 9.63. The van der Waals surface area contributed by atoms with Crippen LogP contribution < -0.4 is 4.89 Å². The molecule has 0 aromatic carbocycles. The maximum absolute atomic E-state index is 11.1. The van der Waals surface area contributed by atoms with Gasteiger partial charge in [-0.2, -0.15) is 0 Å². The lowest BCUT2D eigenvalue weighted by Gasteiger charge is -1.81. The van der Waals surface area contributed by atoms with Crippen LogP contribution in [0.3, 0.4) is 0 Å². The van der Waals surface area contributed by atoms with Crippen molar-refractivity contribution in [2.24, 2.45) is 0 Å². The Kier molecular flexibility index (Phi) is 4.15. The third-order valence-corrected chi connectivity index (χ3v) is 1.16. The van der Waals surface area contributed by atoms with E-state index in [2.05, 4.69) is 0 Å². The zero-order chi connectivity index (χ0) is 5.70. The van der Waals surface area contributed by atoms with E-state index in [9.17, 15) is 13.8 Å². The van der Waals surface area contributed by atoms with Crippen molar-refractivity contribution in [1.82, 2.24) is 0 Å². The van der Waals surface area contributed by atoms with Gasteiger partial charge in [-0.3, -0.25) is 4.39 Å². The van der Waals surface area contributed by atoms with Crippen molar-refractivity contribution in [3.8, 4) is 0 Å². The molecule has 0 heterocycles. The Morgan fingerprint density at radius 3 is 2.43 bits per heavy atom. The molecule has 42 valence electrons. The van der Waals surface area contributed by atoms with Crippen molar-refractivity contribution >= 4 is 8.03 Å². The molecule has 0 saturated carbocycles. The second kappa shape index (κ2) is 4.16. The third kappa shape index (κ3) is 5.99. The summed E-state index contributed by atoms with van der Waals surface area (Å²) < 4.78 is 20.7. The van der Waals surface area contributed by atoms with Crippen molar-refractivity contribution in [2.45, 2.75) is 6.42 Å². The van der Waals surface area contributed by atoms with Crippen molar-refractivity contribution in [3.63, 3.8) is 0 Å². The molecule has 0 aliphatic carbocycles. The Morgan fingerprint density at radius 2 is 2.29 bits per heavy atom. The number of rotatable bonds is 3. The molecule has 0 rings (SSSR count). The average molecular weight is 124 g/mol. The third-order valence-electron chi connectivity index (χ3n) is 0.474. The molecule has 0 aromatic rings. The number of hydrogen-bond acceptors (Lipinski definition) is 2. The Morgan fingerprint density at radius 1 is 1.71 bits per heavy atom. The minimum absolute atomic E-state index is 0.0220. The molecule has 0 bridgehead atoms. The second-order valence-corrected chi connectivity index (χ2v) is 2.21. The first-order valence-corrected chi connectivity index (χ1v) is 3.31. The molecule has 0 saturated heterocycles. The highest BCUT2D eigenvalue weighted by atomic mass is 31.1. The van der Waals surface area contributed by atoms with E-state index in [0.717, 1.165) is 0 Å². The Balaban J connectivity index is 2.82. The van der Waals surface area contributed by atoms with Gasteiger partial charge in [0.1, 0.15) is 6.16 Å². The van der Waals surface area contributed by atoms with E-state index in [1.165, 1.54) is 0 Å². The van der Waals surface area contributed by atoms with Gasteiger partial charge in [0.25, 0.3) is 0 Å². The van der Waals surface area contributed by atoms with Crippen LogP contribution in [0.25, 0.3) is 0 Å². The van der Waals surface area contributed by atoms with Gasteiger partial charge in [-0.15, -0.1) is 0 Å². The molecule has 0 fully saturated rings. The zero-order valence-corrected chi connectivity index (χ0v) is 4.66. The van der Waals surface area contributed by atoms with Crippen LogP contribution in [0.4, 0.5) is 4.39 Å². The van der Waals surface area contributed by atoms with Crippen molar-refractivity contribution in [1.29, 1.82) is 0 Å². The van der Waals surface area contributed by atoms with E-state index in [1.807, 2.05) is 0 Å². The molecule has 0 amide bonds. The molecule has 0 spiro atoms. The summed E-state index contributed by atoms with van der Waals surface area (Å²) in [5, 5.41) is 0. The van der Waals surface area contributed by atoms with Crippen LogP contribution in [-0.2, 0) is 4.57 Å². The van der Waals surface area contributed by atoms with Crippen LogP contribution in [0.15, 0.2) is 0 Å². The number of alkyl halides is 1. The van der Waals surface area contributed by atoms with E-state index in [-0.39, 0.29) is 12.6 Å². The fourth-order valence-corrected chi connectivity index (χ4v) is 0.567. The Bertz CT molecular complexity index is 66.0. The summed E-state index contributed by atoms with van der Waals surface area (Å²) in [7, 11) is -2.35. The van der Waals surface area contributed by atoms with Crippen molar-refractivity contribution < 1.29 is 13.8 Å². The lowest BCUT2D eigenvalue weighted by atomic mass is 10.6. The number of hydrogen-bond donors (Lipinski definition) is 0. The first-order chi connectivity index (χ1) is 3.27. The molecular formula is C3H6FO2P. The van der Waals surface area contributed by atoms with Crippen molar-refractivity contribution in [3.05, 3.63) is 0 Å². The minimum Gasteiger partial charge on any atom is -0.596 e. The van der Waals surface area contributed by atoms with Crippen LogP contribution in [-0.4, -0.2) is 12.8 Å². The van der Waals surface area contributed by atoms with Gasteiger partial charge in [-0.25, -0.2) is 0 Å². The first-order valence-electron chi connectivity index (χ1n) is 1.95. The second-order valence-electron chi connectivity index (χ2n) is 1.10. The molecule has 0 aliphatic rings. The van der Waals surface area contributed by atoms with Crippen LogP contribution in [0, 0.1) is 0 Å². The van der Waals surface area contributed by atoms with Crippen molar-refractivity contribution in [2.75, 3.05) is 12.8 Å². The maximum atomic E-state index is 11.1. The van der Waals surface area contributed by atoms with E-state index in [1.54, 1.807) is 0 Å². The van der Waals surface area contributed by atoms with E-state index >= 15 is 0 Å². The lowest BCUT2D eigenvalue weighted by Crippen LogP contribution is -1.91. The monoisotopic (exact) mass is 124 g/mol. The molecule has 0 N–H and O–H groups in total. The maximum Gasteiger partial charge on any atom is 0.308 e. The highest BCUT2D eigenvalue weighted by Gasteiger charge is 1.96. The standard InChI is InChI=1S/C3H6FO2P/c4-2-1-3-7(5)6/h1-3H2. The summed E-state index contributed by atoms with van der Waals surface area (Å²) in [6.45, 7) is -0.538. The van der Waals surface area contributed by atoms with E-state index in [4.69, 9.17) is 0 Å². The molecule has 2 nitrogen and oxygen atoms in total. The van der Waals surface area contributed by atoms with E-state index < -0.39 is 14.7 Å². The summed E-state index contributed by atoms with van der Waals surface area (Å²) in [6, 6.07) is 0. The van der Waals surface area contributed by atoms with Gasteiger partial charge in [0.2, 0.25) is 0 Å². The van der Waals surface area contributed by atoms with E-state index in [0.29, 0.717) is 0 Å². The topological polar surface area (TPSA) is 40.1 Å². The zero-order valence-electron chi connectivity index (χ0n) is 3.76. The normalized spacial score (nSPS) is 11.4. The van der Waals surface area contributed by atoms with Crippen LogP contribution in [0.1, 0.15) is 6.42 Å². The summed E-state index contributed by atoms with van der Waals surface area (Å²) >= 11 is 0. The molecule has 0 radical (unpaired) electrons. The molecule has 0 aromatic heterocycles. The quantitative estimate of drug-likeness (QED) is 0.512. The van der Waals surface area contributed by atoms with Crippen LogP contribution in [0.5, 0.6) is 0 Å². The van der Waals surface area contributed by atoms with Gasteiger partial charge >= 0.3 is 8.03 Å². The Hall–Kier alpha value is -0.0100. The fraction of sp³-hybridized carbons (Fsp3) is 1.00. The lowest BCUT2D eigenvalue weighted by molar-refractivity contribution is -0.164. The summed E-state index contributed by atoms with van der Waals surface area (Å²) in [6.07, 6.45) is 0.116. The van der Waals surface area contributed by atoms with Crippen LogP contribution >= 0.6 is 8.03 Å². The van der Waals surface area contributed by atoms with Gasteiger partial charge in [-0.05, 0) is 0 Å². The predicted molar refractivity (Wildman–Crippen MR) is 23.1 cm³/mol. The molecular weight excluding hydrogens is 118 g/mol. The summed E-state index contributed by atoms with van der Waals surface area (Å²) in [5.74, 6) is 0. The highest BCUT2D eigenvalue weighted by Crippen LogP contribution is 2.06. The van der Waals surface area contributed by atoms with Gasteiger partial charge < -0.3 is 4.89 Å². The SMILES string of the molecule is O=[P+]([O-])CCCF. The van der Waals surface area contributed by atoms with Gasteiger partial charge in [0.15, 0.2) is 0 Å². The largest absolute Gasteiger partial charge is 0.596 e.